The SMILES string of the molecule is C=COC(=O)[C@H]1[C@H]2[C@@H]1[C@@](NC(=O)[C@H](C)NC(=O)[C@H](C)NC(=O)OC(C)(C)C)(C(=O)OCC)C[C@@H]2O.[HH]. The number of fused-ring (bicyclic) bond motifs is 1. The van der Waals surface area contributed by atoms with Crippen molar-refractivity contribution >= 4 is 29.8 Å². The Morgan fingerprint density at radius 2 is 1.74 bits per heavy atom. The van der Waals surface area contributed by atoms with Crippen LogP contribution in [0.1, 0.15) is 49.4 Å². The van der Waals surface area contributed by atoms with Crippen LogP contribution in [-0.4, -0.2) is 70.9 Å². The first-order valence-corrected chi connectivity index (χ1v) is 11.5. The van der Waals surface area contributed by atoms with Crippen molar-refractivity contribution in [3.63, 3.8) is 0 Å². The average Bonchev–Trinajstić information content (AvgIpc) is 3.41. The molecule has 198 valence electrons. The quantitative estimate of drug-likeness (QED) is 0.199. The highest BCUT2D eigenvalue weighted by atomic mass is 16.6. The summed E-state index contributed by atoms with van der Waals surface area (Å²) in [7, 11) is 0. The van der Waals surface area contributed by atoms with Gasteiger partial charge in [0.15, 0.2) is 0 Å². The lowest BCUT2D eigenvalue weighted by atomic mass is 9.89. The predicted octanol–water partition coefficient (Wildman–Crippen LogP) is 0.382. The van der Waals surface area contributed by atoms with Gasteiger partial charge in [-0.05, 0) is 41.5 Å². The lowest BCUT2D eigenvalue weighted by molar-refractivity contribution is -0.156. The third-order valence-electron chi connectivity index (χ3n) is 5.96. The van der Waals surface area contributed by atoms with Gasteiger partial charge >= 0.3 is 18.0 Å². The highest BCUT2D eigenvalue weighted by Gasteiger charge is 2.76. The number of ether oxygens (including phenoxy) is 3. The molecule has 2 aliphatic carbocycles. The number of carbonyl (C=O) groups excluding carboxylic acids is 5. The van der Waals surface area contributed by atoms with Crippen LogP contribution in [0.5, 0.6) is 0 Å². The van der Waals surface area contributed by atoms with Crippen molar-refractivity contribution in [2.45, 2.75) is 77.3 Å². The van der Waals surface area contributed by atoms with Gasteiger partial charge in [-0.3, -0.25) is 14.4 Å². The Labute approximate surface area is 205 Å². The summed E-state index contributed by atoms with van der Waals surface area (Å²) in [6.07, 6.45) is -1.04. The molecule has 35 heavy (non-hydrogen) atoms. The van der Waals surface area contributed by atoms with Crippen molar-refractivity contribution in [2.75, 3.05) is 6.61 Å². The molecule has 2 saturated carbocycles. The number of alkyl carbamates (subject to hydrolysis) is 1. The van der Waals surface area contributed by atoms with Crippen LogP contribution in [0.4, 0.5) is 4.79 Å². The first-order valence-electron chi connectivity index (χ1n) is 11.5. The predicted molar refractivity (Wildman–Crippen MR) is 123 cm³/mol. The molecule has 0 saturated heterocycles. The van der Waals surface area contributed by atoms with E-state index in [1.54, 1.807) is 27.7 Å². The molecule has 2 aliphatic rings. The number of aliphatic hydroxyl groups is 1. The minimum Gasteiger partial charge on any atom is -0.464 e. The first-order chi connectivity index (χ1) is 16.2. The molecule has 4 N–H and O–H groups in total. The van der Waals surface area contributed by atoms with Gasteiger partial charge in [0.2, 0.25) is 11.8 Å². The zero-order chi connectivity index (χ0) is 26.7. The Bertz CT molecular complexity index is 891. The fraction of sp³-hybridized carbons (Fsp3) is 0.696. The standard InChI is InChI=1S/C23H35N3O9.H2/c1-8-33-19(30)15-14-13(27)10-23(16(14)15,20(31)34-9-2)26-18(29)12(4)24-17(28)11(3)25-21(32)35-22(5,6)7;/h8,11-16,27H,1,9-10H2,2-7H3,(H,24,28)(H,25,32)(H,26,29);1H/t11-,12-,13-,14-,15-,16-,23+;/m0./s1. The van der Waals surface area contributed by atoms with Gasteiger partial charge in [0.05, 0.1) is 24.9 Å². The smallest absolute Gasteiger partial charge is 0.408 e. The van der Waals surface area contributed by atoms with E-state index >= 15 is 0 Å². The van der Waals surface area contributed by atoms with E-state index in [1.165, 1.54) is 13.8 Å². The van der Waals surface area contributed by atoms with Crippen molar-refractivity contribution in [3.05, 3.63) is 12.8 Å². The van der Waals surface area contributed by atoms with Gasteiger partial charge in [0, 0.05) is 19.7 Å². The summed E-state index contributed by atoms with van der Waals surface area (Å²) in [5, 5.41) is 17.9. The Balaban J connectivity index is 0.00000648. The average molecular weight is 500 g/mol. The highest BCUT2D eigenvalue weighted by molar-refractivity contribution is 5.95. The van der Waals surface area contributed by atoms with Gasteiger partial charge in [-0.1, -0.05) is 6.58 Å². The Kier molecular flexibility index (Phi) is 8.53. The molecule has 0 aromatic heterocycles. The molecule has 0 aliphatic heterocycles. The van der Waals surface area contributed by atoms with Crippen LogP contribution in [0.2, 0.25) is 0 Å². The minimum atomic E-state index is -1.67. The Morgan fingerprint density at radius 3 is 2.29 bits per heavy atom. The zero-order valence-electron chi connectivity index (χ0n) is 20.9. The number of hydrogen-bond acceptors (Lipinski definition) is 9. The molecule has 0 aromatic carbocycles. The second kappa shape index (κ2) is 10.6. The molecule has 0 unspecified atom stereocenters. The van der Waals surface area contributed by atoms with Crippen molar-refractivity contribution in [1.29, 1.82) is 0 Å². The molecule has 0 heterocycles. The normalized spacial score (nSPS) is 28.4. The third-order valence-corrected chi connectivity index (χ3v) is 5.96. The van der Waals surface area contributed by atoms with E-state index in [0.717, 1.165) is 6.26 Å². The largest absolute Gasteiger partial charge is 0.464 e. The second-order valence-corrected chi connectivity index (χ2v) is 9.78. The molecule has 0 bridgehead atoms. The summed E-state index contributed by atoms with van der Waals surface area (Å²) >= 11 is 0. The monoisotopic (exact) mass is 499 g/mol. The third kappa shape index (κ3) is 6.30. The van der Waals surface area contributed by atoms with Gasteiger partial charge < -0.3 is 35.3 Å². The van der Waals surface area contributed by atoms with Gasteiger partial charge in [-0.25, -0.2) is 9.59 Å². The van der Waals surface area contributed by atoms with Gasteiger partial charge in [-0.15, -0.1) is 0 Å². The lowest BCUT2D eigenvalue weighted by Crippen LogP contribution is -2.61. The van der Waals surface area contributed by atoms with E-state index in [9.17, 15) is 29.1 Å². The number of esters is 2. The van der Waals surface area contributed by atoms with Crippen LogP contribution in [0.25, 0.3) is 0 Å². The molecule has 0 aromatic rings. The molecule has 2 fully saturated rings. The summed E-state index contributed by atoms with van der Waals surface area (Å²) in [6.45, 7) is 12.8. The molecular formula is C23H37N3O9. The highest BCUT2D eigenvalue weighted by Crippen LogP contribution is 2.63. The number of amides is 3. The summed E-state index contributed by atoms with van der Waals surface area (Å²) in [5.74, 6) is -4.98. The van der Waals surface area contributed by atoms with Crippen LogP contribution in [0, 0.1) is 17.8 Å². The Morgan fingerprint density at radius 1 is 1.14 bits per heavy atom. The molecule has 0 radical (unpaired) electrons. The molecule has 2 rings (SSSR count). The van der Waals surface area contributed by atoms with E-state index in [4.69, 9.17) is 14.2 Å². The van der Waals surface area contributed by atoms with Crippen LogP contribution in [0.15, 0.2) is 12.8 Å². The van der Waals surface area contributed by atoms with Crippen LogP contribution >= 0.6 is 0 Å². The van der Waals surface area contributed by atoms with E-state index in [-0.39, 0.29) is 14.5 Å². The van der Waals surface area contributed by atoms with Crippen molar-refractivity contribution in [2.24, 2.45) is 17.8 Å². The van der Waals surface area contributed by atoms with Gasteiger partial charge in [0.25, 0.3) is 0 Å². The molecule has 12 heteroatoms. The summed E-state index contributed by atoms with van der Waals surface area (Å²) in [4.78, 5) is 62.6. The lowest BCUT2D eigenvalue weighted by Gasteiger charge is -2.32. The van der Waals surface area contributed by atoms with E-state index < -0.39 is 76.9 Å². The van der Waals surface area contributed by atoms with Crippen molar-refractivity contribution in [1.82, 2.24) is 16.0 Å². The maximum absolute atomic E-state index is 13.0. The molecule has 12 nitrogen and oxygen atoms in total. The van der Waals surface area contributed by atoms with E-state index in [2.05, 4.69) is 22.5 Å². The fourth-order valence-electron chi connectivity index (χ4n) is 4.46. The number of carbonyl (C=O) groups is 5. The van der Waals surface area contributed by atoms with Crippen molar-refractivity contribution < 1.29 is 44.7 Å². The molecular weight excluding hydrogens is 462 g/mol. The van der Waals surface area contributed by atoms with E-state index in [1.807, 2.05) is 0 Å². The van der Waals surface area contributed by atoms with Crippen LogP contribution < -0.4 is 16.0 Å². The summed E-state index contributed by atoms with van der Waals surface area (Å²) in [6, 6.07) is -2.14. The van der Waals surface area contributed by atoms with Crippen LogP contribution in [0.3, 0.4) is 0 Å². The fourth-order valence-corrected chi connectivity index (χ4v) is 4.46. The zero-order valence-corrected chi connectivity index (χ0v) is 20.9. The molecule has 7 atom stereocenters. The number of nitrogens with one attached hydrogen (secondary N) is 3. The van der Waals surface area contributed by atoms with Crippen molar-refractivity contribution in [3.8, 4) is 0 Å². The van der Waals surface area contributed by atoms with E-state index in [0.29, 0.717) is 0 Å². The van der Waals surface area contributed by atoms with Gasteiger partial charge in [-0.2, -0.15) is 0 Å². The first kappa shape index (κ1) is 28.1. The maximum atomic E-state index is 13.0. The molecule has 0 spiro atoms. The van der Waals surface area contributed by atoms with Crippen LogP contribution in [-0.2, 0) is 33.4 Å². The minimum absolute atomic E-state index is 0. The summed E-state index contributed by atoms with van der Waals surface area (Å²) in [5.41, 5.74) is -2.42. The maximum Gasteiger partial charge on any atom is 0.408 e. The number of rotatable bonds is 9. The molecule has 3 amide bonds. The number of aliphatic hydroxyl groups excluding tert-OH is 1. The second-order valence-electron chi connectivity index (χ2n) is 9.78. The number of hydrogen-bond donors (Lipinski definition) is 4. The Hall–Kier alpha value is -3.15. The topological polar surface area (TPSA) is 169 Å². The summed E-state index contributed by atoms with van der Waals surface area (Å²) < 4.78 is 15.1. The van der Waals surface area contributed by atoms with Gasteiger partial charge in [0.1, 0.15) is 23.2 Å².